The minimum Gasteiger partial charge on any atom is -0.397 e. The third kappa shape index (κ3) is 0.811. The molecule has 0 fully saturated rings. The number of fused-ring (bicyclic) bond motifs is 1. The minimum atomic E-state index is 0.823. The third-order valence-corrected chi connectivity index (χ3v) is 2.38. The molecule has 0 bridgehead atoms. The number of rotatable bonds is 0. The first kappa shape index (κ1) is 7.22. The molecule has 0 saturated carbocycles. The van der Waals surface area contributed by atoms with Crippen molar-refractivity contribution in [2.75, 3.05) is 5.73 Å². The lowest BCUT2D eigenvalue weighted by molar-refractivity contribution is 1.25. The van der Waals surface area contributed by atoms with Crippen LogP contribution < -0.4 is 5.73 Å². The third-order valence-electron chi connectivity index (χ3n) is 2.38. The molecule has 0 aliphatic carbocycles. The molecule has 1 aromatic carbocycles. The van der Waals surface area contributed by atoms with Crippen LogP contribution in [0.3, 0.4) is 0 Å². The summed E-state index contributed by atoms with van der Waals surface area (Å²) >= 11 is 0. The molecular formula is C10H12N2. The molecule has 0 aliphatic rings. The highest BCUT2D eigenvalue weighted by Gasteiger charge is 2.04. The molecule has 2 heteroatoms. The summed E-state index contributed by atoms with van der Waals surface area (Å²) in [6.45, 7) is 4.17. The van der Waals surface area contributed by atoms with E-state index in [1.54, 1.807) is 0 Å². The zero-order valence-electron chi connectivity index (χ0n) is 7.31. The van der Waals surface area contributed by atoms with E-state index in [0.717, 1.165) is 11.2 Å². The molecule has 0 spiro atoms. The van der Waals surface area contributed by atoms with Gasteiger partial charge in [-0.2, -0.15) is 0 Å². The van der Waals surface area contributed by atoms with E-state index in [-0.39, 0.29) is 0 Å². The van der Waals surface area contributed by atoms with Crippen molar-refractivity contribution in [3.63, 3.8) is 0 Å². The van der Waals surface area contributed by atoms with E-state index in [9.17, 15) is 0 Å². The molecule has 1 aromatic heterocycles. The van der Waals surface area contributed by atoms with E-state index in [1.807, 2.05) is 12.1 Å². The summed E-state index contributed by atoms with van der Waals surface area (Å²) in [5.41, 5.74) is 10.2. The van der Waals surface area contributed by atoms with Crippen LogP contribution in [0.1, 0.15) is 11.3 Å². The van der Waals surface area contributed by atoms with Crippen LogP contribution in [0, 0.1) is 13.8 Å². The molecule has 0 amide bonds. The maximum absolute atomic E-state index is 5.81. The van der Waals surface area contributed by atoms with Crippen LogP contribution >= 0.6 is 0 Å². The Morgan fingerprint density at radius 2 is 2.00 bits per heavy atom. The molecule has 2 nitrogen and oxygen atoms in total. The molecule has 0 radical (unpaired) electrons. The van der Waals surface area contributed by atoms with Gasteiger partial charge in [0, 0.05) is 11.1 Å². The van der Waals surface area contributed by atoms with E-state index < -0.39 is 0 Å². The molecule has 0 saturated heterocycles. The lowest BCUT2D eigenvalue weighted by Crippen LogP contribution is -1.84. The molecule has 12 heavy (non-hydrogen) atoms. The number of nitrogens with one attached hydrogen (secondary N) is 1. The molecule has 3 N–H and O–H groups in total. The summed E-state index contributed by atoms with van der Waals surface area (Å²) in [7, 11) is 0. The number of aromatic amines is 1. The van der Waals surface area contributed by atoms with Crippen LogP contribution in [0.5, 0.6) is 0 Å². The maximum Gasteiger partial charge on any atom is 0.0692 e. The quantitative estimate of drug-likeness (QED) is 0.571. The van der Waals surface area contributed by atoms with Gasteiger partial charge in [-0.1, -0.05) is 12.1 Å². The fraction of sp³-hybridized carbons (Fsp3) is 0.200. The average molecular weight is 160 g/mol. The van der Waals surface area contributed by atoms with Gasteiger partial charge in [0.2, 0.25) is 0 Å². The molecule has 2 aromatic rings. The summed E-state index contributed by atoms with van der Waals surface area (Å²) in [6.07, 6.45) is 0. The van der Waals surface area contributed by atoms with Crippen molar-refractivity contribution in [3.05, 3.63) is 29.5 Å². The van der Waals surface area contributed by atoms with Gasteiger partial charge >= 0.3 is 0 Å². The second-order valence-corrected chi connectivity index (χ2v) is 3.14. The number of hydrogen-bond donors (Lipinski definition) is 2. The van der Waals surface area contributed by atoms with Gasteiger partial charge in [0.15, 0.2) is 0 Å². The Hall–Kier alpha value is -1.44. The smallest absolute Gasteiger partial charge is 0.0692 e. The van der Waals surface area contributed by atoms with Crippen LogP contribution in [-0.4, -0.2) is 4.98 Å². The molecule has 0 aliphatic heterocycles. The monoisotopic (exact) mass is 160 g/mol. The topological polar surface area (TPSA) is 41.8 Å². The molecule has 0 unspecified atom stereocenters. The zero-order chi connectivity index (χ0) is 8.72. The standard InChI is InChI=1S/C10H12N2/c1-6-7(2)12-10-8(6)4-3-5-9(10)11/h3-5,12H,11H2,1-2H3. The van der Waals surface area contributed by atoms with Gasteiger partial charge in [-0.25, -0.2) is 0 Å². The lowest BCUT2D eigenvalue weighted by atomic mass is 10.1. The van der Waals surface area contributed by atoms with E-state index in [0.29, 0.717) is 0 Å². The first-order valence-corrected chi connectivity index (χ1v) is 4.03. The van der Waals surface area contributed by atoms with Crippen LogP contribution in [0.15, 0.2) is 18.2 Å². The van der Waals surface area contributed by atoms with E-state index in [1.165, 1.54) is 16.6 Å². The van der Waals surface area contributed by atoms with Gasteiger partial charge in [-0.05, 0) is 25.5 Å². The SMILES string of the molecule is Cc1[nH]c2c(N)cccc2c1C. The first-order chi connectivity index (χ1) is 5.70. The Kier molecular flexibility index (Phi) is 1.37. The Bertz CT molecular complexity index is 427. The number of H-pyrrole nitrogens is 1. The van der Waals surface area contributed by atoms with Crippen molar-refractivity contribution in [2.45, 2.75) is 13.8 Å². The van der Waals surface area contributed by atoms with Crippen molar-refractivity contribution in [2.24, 2.45) is 0 Å². The fourth-order valence-electron chi connectivity index (χ4n) is 1.51. The van der Waals surface area contributed by atoms with Crippen molar-refractivity contribution >= 4 is 16.6 Å². The van der Waals surface area contributed by atoms with Crippen LogP contribution in [0.25, 0.3) is 10.9 Å². The number of nitrogen functional groups attached to an aromatic ring is 1. The van der Waals surface area contributed by atoms with Gasteiger partial charge < -0.3 is 10.7 Å². The Labute approximate surface area is 71.4 Å². The largest absolute Gasteiger partial charge is 0.397 e. The van der Waals surface area contributed by atoms with Gasteiger partial charge in [0.05, 0.1) is 11.2 Å². The van der Waals surface area contributed by atoms with E-state index >= 15 is 0 Å². The summed E-state index contributed by atoms with van der Waals surface area (Å²) in [5, 5.41) is 1.23. The van der Waals surface area contributed by atoms with E-state index in [2.05, 4.69) is 24.9 Å². The number of para-hydroxylation sites is 1. The summed E-state index contributed by atoms with van der Waals surface area (Å²) in [5.74, 6) is 0. The molecule has 0 atom stereocenters. The average Bonchev–Trinajstić information content (AvgIpc) is 2.32. The van der Waals surface area contributed by atoms with Crippen LogP contribution in [-0.2, 0) is 0 Å². The Morgan fingerprint density at radius 3 is 2.67 bits per heavy atom. The second-order valence-electron chi connectivity index (χ2n) is 3.14. The van der Waals surface area contributed by atoms with Crippen LogP contribution in [0.4, 0.5) is 5.69 Å². The first-order valence-electron chi connectivity index (χ1n) is 4.03. The van der Waals surface area contributed by atoms with Crippen molar-refractivity contribution in [1.82, 2.24) is 4.98 Å². The molecule has 2 rings (SSSR count). The van der Waals surface area contributed by atoms with Crippen molar-refractivity contribution in [3.8, 4) is 0 Å². The highest BCUT2D eigenvalue weighted by Crippen LogP contribution is 2.24. The minimum absolute atomic E-state index is 0.823. The number of anilines is 1. The predicted octanol–water partition coefficient (Wildman–Crippen LogP) is 2.37. The van der Waals surface area contributed by atoms with Crippen molar-refractivity contribution < 1.29 is 0 Å². The van der Waals surface area contributed by atoms with Crippen molar-refractivity contribution in [1.29, 1.82) is 0 Å². The van der Waals surface area contributed by atoms with Gasteiger partial charge in [-0.3, -0.25) is 0 Å². The summed E-state index contributed by atoms with van der Waals surface area (Å²) in [4.78, 5) is 3.27. The Balaban J connectivity index is 2.95. The maximum atomic E-state index is 5.81. The van der Waals surface area contributed by atoms with Gasteiger partial charge in [0.1, 0.15) is 0 Å². The molecule has 62 valence electrons. The number of aromatic nitrogens is 1. The molecular weight excluding hydrogens is 148 g/mol. The highest BCUT2D eigenvalue weighted by molar-refractivity contribution is 5.93. The van der Waals surface area contributed by atoms with E-state index in [4.69, 9.17) is 5.73 Å². The van der Waals surface area contributed by atoms with Gasteiger partial charge in [-0.15, -0.1) is 0 Å². The Morgan fingerprint density at radius 1 is 1.25 bits per heavy atom. The lowest BCUT2D eigenvalue weighted by Gasteiger charge is -1.94. The molecule has 1 heterocycles. The normalized spacial score (nSPS) is 10.8. The van der Waals surface area contributed by atoms with Gasteiger partial charge in [0.25, 0.3) is 0 Å². The number of aryl methyl sites for hydroxylation is 2. The fourth-order valence-corrected chi connectivity index (χ4v) is 1.51. The van der Waals surface area contributed by atoms with Crippen LogP contribution in [0.2, 0.25) is 0 Å². The second kappa shape index (κ2) is 2.27. The zero-order valence-corrected chi connectivity index (χ0v) is 7.31. The number of hydrogen-bond acceptors (Lipinski definition) is 1. The predicted molar refractivity (Wildman–Crippen MR) is 52.2 cm³/mol. The highest BCUT2D eigenvalue weighted by atomic mass is 14.7. The summed E-state index contributed by atoms with van der Waals surface area (Å²) < 4.78 is 0. The number of benzene rings is 1. The summed E-state index contributed by atoms with van der Waals surface area (Å²) in [6, 6.07) is 5.99. The number of nitrogens with two attached hydrogens (primary N) is 1.